The van der Waals surface area contributed by atoms with Gasteiger partial charge in [-0.3, -0.25) is 4.79 Å². The smallest absolute Gasteiger partial charge is 0.225 e. The molecule has 0 bridgehead atoms. The molecule has 3 aromatic carbocycles. The molecule has 1 aliphatic heterocycles. The van der Waals surface area contributed by atoms with Gasteiger partial charge in [-0.05, 0) is 41.5 Å². The van der Waals surface area contributed by atoms with Crippen LogP contribution in [0, 0.1) is 0 Å². The van der Waals surface area contributed by atoms with Crippen molar-refractivity contribution in [1.82, 2.24) is 5.32 Å². The van der Waals surface area contributed by atoms with Gasteiger partial charge in [-0.15, -0.1) is 0 Å². The lowest BCUT2D eigenvalue weighted by Gasteiger charge is -2.21. The molecule has 0 saturated heterocycles. The normalized spacial score (nSPS) is 14.1. The molecule has 1 N–H and O–H groups in total. The summed E-state index contributed by atoms with van der Waals surface area (Å²) in [6.45, 7) is 3.07. The summed E-state index contributed by atoms with van der Waals surface area (Å²) in [5.41, 5.74) is 2.67. The first-order valence-electron chi connectivity index (χ1n) is 9.76. The Hall–Kier alpha value is -3.47. The van der Waals surface area contributed by atoms with Crippen molar-refractivity contribution in [3.05, 3.63) is 72.0 Å². The Labute approximate surface area is 168 Å². The fourth-order valence-corrected chi connectivity index (χ4v) is 3.88. The van der Waals surface area contributed by atoms with Gasteiger partial charge in [0.1, 0.15) is 18.8 Å². The third kappa shape index (κ3) is 3.29. The second-order valence-electron chi connectivity index (χ2n) is 7.29. The van der Waals surface area contributed by atoms with E-state index in [0.29, 0.717) is 13.2 Å². The fraction of sp³-hybridized carbons (Fsp3) is 0.208. The number of hydrogen-bond acceptors (Lipinski definition) is 4. The Kier molecular flexibility index (Phi) is 4.35. The van der Waals surface area contributed by atoms with Gasteiger partial charge in [0.05, 0.1) is 18.7 Å². The molecule has 1 aliphatic rings. The van der Waals surface area contributed by atoms with Crippen molar-refractivity contribution in [2.75, 3.05) is 13.2 Å². The molecular formula is C24H21NO4. The summed E-state index contributed by atoms with van der Waals surface area (Å²) in [5.74, 6) is 1.42. The molecule has 2 heterocycles. The zero-order chi connectivity index (χ0) is 19.8. The lowest BCUT2D eigenvalue weighted by Crippen LogP contribution is -2.28. The first-order chi connectivity index (χ1) is 14.2. The van der Waals surface area contributed by atoms with Crippen LogP contribution in [0.2, 0.25) is 0 Å². The first-order valence-corrected chi connectivity index (χ1v) is 9.76. The van der Waals surface area contributed by atoms with Crippen LogP contribution in [0.25, 0.3) is 21.7 Å². The van der Waals surface area contributed by atoms with Gasteiger partial charge in [0, 0.05) is 10.9 Å². The summed E-state index contributed by atoms with van der Waals surface area (Å²) < 4.78 is 16.9. The predicted octanol–water partition coefficient (Wildman–Crippen LogP) is 4.78. The number of carbonyl (C=O) groups excluding carboxylic acids is 1. The molecule has 0 saturated carbocycles. The van der Waals surface area contributed by atoms with Crippen LogP contribution in [-0.4, -0.2) is 19.1 Å². The Morgan fingerprint density at radius 3 is 2.76 bits per heavy atom. The van der Waals surface area contributed by atoms with E-state index in [0.717, 1.165) is 44.4 Å². The molecule has 29 heavy (non-hydrogen) atoms. The van der Waals surface area contributed by atoms with E-state index in [9.17, 15) is 4.79 Å². The average molecular weight is 387 g/mol. The van der Waals surface area contributed by atoms with Crippen molar-refractivity contribution < 1.29 is 18.7 Å². The summed E-state index contributed by atoms with van der Waals surface area (Å²) in [7, 11) is 0. The molecule has 5 rings (SSSR count). The lowest BCUT2D eigenvalue weighted by atomic mass is 10.0. The molecule has 5 heteroatoms. The third-order valence-corrected chi connectivity index (χ3v) is 5.33. The van der Waals surface area contributed by atoms with Crippen LogP contribution in [0.1, 0.15) is 24.1 Å². The van der Waals surface area contributed by atoms with E-state index in [1.807, 2.05) is 49.4 Å². The van der Waals surface area contributed by atoms with Crippen LogP contribution >= 0.6 is 0 Å². The second kappa shape index (κ2) is 7.17. The molecule has 1 aromatic heterocycles. The molecule has 1 unspecified atom stereocenters. The van der Waals surface area contributed by atoms with Gasteiger partial charge >= 0.3 is 0 Å². The highest BCUT2D eigenvalue weighted by Crippen LogP contribution is 2.33. The van der Waals surface area contributed by atoms with Gasteiger partial charge < -0.3 is 19.2 Å². The zero-order valence-corrected chi connectivity index (χ0v) is 16.1. The summed E-state index contributed by atoms with van der Waals surface area (Å²) in [6.07, 6.45) is 1.95. The third-order valence-electron chi connectivity index (χ3n) is 5.33. The van der Waals surface area contributed by atoms with Crippen molar-refractivity contribution in [2.45, 2.75) is 19.4 Å². The zero-order valence-electron chi connectivity index (χ0n) is 16.1. The van der Waals surface area contributed by atoms with Crippen molar-refractivity contribution in [3.63, 3.8) is 0 Å². The van der Waals surface area contributed by atoms with Crippen molar-refractivity contribution in [2.24, 2.45) is 0 Å². The summed E-state index contributed by atoms with van der Waals surface area (Å²) in [5, 5.41) is 6.31. The maximum absolute atomic E-state index is 12.8. The van der Waals surface area contributed by atoms with Crippen LogP contribution in [0.3, 0.4) is 0 Å². The number of hydrogen-bond donors (Lipinski definition) is 1. The van der Waals surface area contributed by atoms with E-state index in [4.69, 9.17) is 13.9 Å². The number of furan rings is 1. The summed E-state index contributed by atoms with van der Waals surface area (Å²) in [6, 6.07) is 17.8. The minimum absolute atomic E-state index is 0.0528. The highest BCUT2D eigenvalue weighted by Gasteiger charge is 2.18. The van der Waals surface area contributed by atoms with Crippen LogP contribution in [0.4, 0.5) is 0 Å². The summed E-state index contributed by atoms with van der Waals surface area (Å²) in [4.78, 5) is 12.8. The average Bonchev–Trinajstić information content (AvgIpc) is 3.16. The highest BCUT2D eigenvalue weighted by atomic mass is 16.6. The van der Waals surface area contributed by atoms with Gasteiger partial charge in [0.2, 0.25) is 5.91 Å². The molecule has 0 spiro atoms. The highest BCUT2D eigenvalue weighted by molar-refractivity contribution is 6.08. The molecule has 0 fully saturated rings. The number of carbonyl (C=O) groups is 1. The predicted molar refractivity (Wildman–Crippen MR) is 111 cm³/mol. The van der Waals surface area contributed by atoms with E-state index < -0.39 is 0 Å². The Morgan fingerprint density at radius 2 is 1.86 bits per heavy atom. The monoisotopic (exact) mass is 387 g/mol. The van der Waals surface area contributed by atoms with E-state index in [1.165, 1.54) is 0 Å². The quantitative estimate of drug-likeness (QED) is 0.548. The Balaban J connectivity index is 1.36. The number of ether oxygens (including phenoxy) is 2. The minimum Gasteiger partial charge on any atom is -0.486 e. The maximum Gasteiger partial charge on any atom is 0.225 e. The topological polar surface area (TPSA) is 60.7 Å². The van der Waals surface area contributed by atoms with E-state index in [1.54, 1.807) is 6.26 Å². The fourth-order valence-electron chi connectivity index (χ4n) is 3.88. The Morgan fingerprint density at radius 1 is 1.03 bits per heavy atom. The SMILES string of the molecule is CC(NC(=O)Cc1coc2ccc3ccccc3c12)c1ccc2c(c1)OCCO2. The van der Waals surface area contributed by atoms with Crippen LogP contribution < -0.4 is 14.8 Å². The number of nitrogens with one attached hydrogen (secondary N) is 1. The van der Waals surface area contributed by atoms with E-state index in [-0.39, 0.29) is 18.4 Å². The summed E-state index contributed by atoms with van der Waals surface area (Å²) >= 11 is 0. The van der Waals surface area contributed by atoms with Gasteiger partial charge in [-0.1, -0.05) is 36.4 Å². The van der Waals surface area contributed by atoms with Crippen LogP contribution in [0.5, 0.6) is 11.5 Å². The maximum atomic E-state index is 12.8. The molecule has 4 aromatic rings. The number of rotatable bonds is 4. The van der Waals surface area contributed by atoms with Crippen molar-refractivity contribution >= 4 is 27.6 Å². The van der Waals surface area contributed by atoms with Crippen LogP contribution in [0.15, 0.2) is 65.3 Å². The van der Waals surface area contributed by atoms with Gasteiger partial charge in [0.15, 0.2) is 11.5 Å². The second-order valence-corrected chi connectivity index (χ2v) is 7.29. The standard InChI is InChI=1S/C24H21NO4/c1-15(17-7-8-20-22(12-17)28-11-10-27-20)25-23(26)13-18-14-29-21-9-6-16-4-2-3-5-19(16)24(18)21/h2-9,12,14-15H,10-11,13H2,1H3,(H,25,26). The molecular weight excluding hydrogens is 366 g/mol. The van der Waals surface area contributed by atoms with E-state index >= 15 is 0 Å². The molecule has 1 amide bonds. The van der Waals surface area contributed by atoms with Crippen LogP contribution in [-0.2, 0) is 11.2 Å². The van der Waals surface area contributed by atoms with E-state index in [2.05, 4.69) is 17.4 Å². The largest absolute Gasteiger partial charge is 0.486 e. The number of fused-ring (bicyclic) bond motifs is 4. The Bertz CT molecular complexity index is 1210. The van der Waals surface area contributed by atoms with Crippen molar-refractivity contribution in [1.29, 1.82) is 0 Å². The molecule has 0 radical (unpaired) electrons. The molecule has 5 nitrogen and oxygen atoms in total. The molecule has 1 atom stereocenters. The molecule has 0 aliphatic carbocycles. The minimum atomic E-state index is -0.145. The van der Waals surface area contributed by atoms with Gasteiger partial charge in [-0.25, -0.2) is 0 Å². The number of benzene rings is 3. The lowest BCUT2D eigenvalue weighted by molar-refractivity contribution is -0.121. The molecule has 146 valence electrons. The number of amides is 1. The first kappa shape index (κ1) is 17.6. The van der Waals surface area contributed by atoms with Gasteiger partial charge in [0.25, 0.3) is 0 Å². The van der Waals surface area contributed by atoms with Crippen molar-refractivity contribution in [3.8, 4) is 11.5 Å². The van der Waals surface area contributed by atoms with Gasteiger partial charge in [-0.2, -0.15) is 0 Å².